The summed E-state index contributed by atoms with van der Waals surface area (Å²) in [6.45, 7) is 0. The molecule has 0 unspecified atom stereocenters. The first-order valence-electron chi connectivity index (χ1n) is 7.85. The lowest BCUT2D eigenvalue weighted by molar-refractivity contribution is 1.37. The average Bonchev–Trinajstić information content (AvgIpc) is 3.14. The molecule has 0 saturated carbocycles. The van der Waals surface area contributed by atoms with Crippen LogP contribution in [0.15, 0.2) is 48.8 Å². The van der Waals surface area contributed by atoms with Gasteiger partial charge in [-0.05, 0) is 17.5 Å². The van der Waals surface area contributed by atoms with Crippen molar-refractivity contribution in [1.82, 2.24) is 9.97 Å². The molecule has 0 amide bonds. The van der Waals surface area contributed by atoms with Gasteiger partial charge < -0.3 is 0 Å². The van der Waals surface area contributed by atoms with E-state index in [4.69, 9.17) is 9.97 Å². The summed E-state index contributed by atoms with van der Waals surface area (Å²) in [6.07, 6.45) is 3.98. The molecule has 4 heterocycles. The second-order valence-electron chi connectivity index (χ2n) is 6.26. The van der Waals surface area contributed by atoms with Gasteiger partial charge in [0.2, 0.25) is 0 Å². The number of rotatable bonds is 0. The van der Waals surface area contributed by atoms with Crippen LogP contribution in [0, 0.1) is 0 Å². The Hall–Kier alpha value is -2.56. The summed E-state index contributed by atoms with van der Waals surface area (Å²) in [5.41, 5.74) is 2.37. The fraction of sp³-hybridized carbons (Fsp3) is 0. The Bertz CT molecular complexity index is 1500. The molecule has 4 aromatic heterocycles. The molecule has 24 heavy (non-hydrogen) atoms. The fourth-order valence-corrected chi connectivity index (χ4v) is 6.34. The first-order chi connectivity index (χ1) is 11.9. The first-order valence-corrected chi connectivity index (χ1v) is 9.48. The van der Waals surface area contributed by atoms with Gasteiger partial charge in [0, 0.05) is 54.3 Å². The minimum atomic E-state index is 1.12. The van der Waals surface area contributed by atoms with Crippen LogP contribution in [-0.4, -0.2) is 9.97 Å². The van der Waals surface area contributed by atoms with Crippen LogP contribution < -0.4 is 0 Å². The molecule has 0 N–H and O–H groups in total. The first kappa shape index (κ1) is 11.9. The van der Waals surface area contributed by atoms with Crippen LogP contribution in [0.4, 0.5) is 0 Å². The van der Waals surface area contributed by atoms with Gasteiger partial charge in [-0.1, -0.05) is 24.3 Å². The van der Waals surface area contributed by atoms with E-state index in [-0.39, 0.29) is 0 Å². The van der Waals surface area contributed by atoms with Gasteiger partial charge in [0.15, 0.2) is 0 Å². The molecule has 0 fully saturated rings. The van der Waals surface area contributed by atoms with E-state index >= 15 is 0 Å². The highest BCUT2D eigenvalue weighted by Gasteiger charge is 2.24. The second kappa shape index (κ2) is 3.74. The van der Waals surface area contributed by atoms with Crippen molar-refractivity contribution < 1.29 is 0 Å². The SMILES string of the molecule is c1cc2c3c(c1)ccc1sc4ncc5sc6ccnc-2c6c5c4c13. The zero-order valence-corrected chi connectivity index (χ0v) is 14.0. The summed E-state index contributed by atoms with van der Waals surface area (Å²) in [5.74, 6) is 0. The monoisotopic (exact) mass is 340 g/mol. The summed E-state index contributed by atoms with van der Waals surface area (Å²) in [4.78, 5) is 10.7. The van der Waals surface area contributed by atoms with Crippen molar-refractivity contribution in [3.8, 4) is 11.3 Å². The maximum absolute atomic E-state index is 4.80. The van der Waals surface area contributed by atoms with E-state index in [1.54, 1.807) is 11.3 Å². The van der Waals surface area contributed by atoms with Crippen LogP contribution in [0.5, 0.6) is 0 Å². The number of fused-ring (bicyclic) bond motifs is 1. The molecule has 7 rings (SSSR count). The van der Waals surface area contributed by atoms with Crippen LogP contribution in [0.1, 0.15) is 0 Å². The van der Waals surface area contributed by atoms with Crippen molar-refractivity contribution in [2.45, 2.75) is 0 Å². The third-order valence-corrected chi connectivity index (χ3v) is 7.26. The van der Waals surface area contributed by atoms with E-state index in [2.05, 4.69) is 36.4 Å². The summed E-state index contributed by atoms with van der Waals surface area (Å²) < 4.78 is 3.88. The van der Waals surface area contributed by atoms with Crippen LogP contribution in [-0.2, 0) is 0 Å². The van der Waals surface area contributed by atoms with E-state index < -0.39 is 0 Å². The highest BCUT2D eigenvalue weighted by atomic mass is 32.1. The highest BCUT2D eigenvalue weighted by Crippen LogP contribution is 2.51. The van der Waals surface area contributed by atoms with Gasteiger partial charge in [0.1, 0.15) is 4.83 Å². The lowest BCUT2D eigenvalue weighted by atomic mass is 9.99. The van der Waals surface area contributed by atoms with Crippen molar-refractivity contribution in [3.63, 3.8) is 0 Å². The van der Waals surface area contributed by atoms with Gasteiger partial charge in [-0.15, -0.1) is 22.7 Å². The Morgan fingerprint density at radius 2 is 1.58 bits per heavy atom. The summed E-state index contributed by atoms with van der Waals surface area (Å²) in [6, 6.07) is 13.2. The zero-order chi connectivity index (χ0) is 15.4. The number of benzene rings is 2. The van der Waals surface area contributed by atoms with Crippen molar-refractivity contribution >= 4 is 73.9 Å². The molecule has 110 valence electrons. The lowest BCUT2D eigenvalue weighted by Crippen LogP contribution is -1.85. The molecule has 0 radical (unpaired) electrons. The summed E-state index contributed by atoms with van der Waals surface area (Å²) in [5, 5.41) is 7.94. The molecule has 0 aliphatic heterocycles. The van der Waals surface area contributed by atoms with E-state index in [1.807, 2.05) is 23.7 Å². The molecule has 1 aliphatic carbocycles. The van der Waals surface area contributed by atoms with Gasteiger partial charge in [0.05, 0.1) is 10.4 Å². The smallest absolute Gasteiger partial charge is 0.125 e. The maximum Gasteiger partial charge on any atom is 0.125 e. The standard InChI is InChI=1S/C20H8N2S2/c1-2-9-4-5-11-15-14(9)10(3-1)19-17-12(6-7-21-19)23-13-8-22-20(24-11)18(15)16(13)17/h1-8H. The Morgan fingerprint density at radius 3 is 2.58 bits per heavy atom. The molecule has 0 bridgehead atoms. The number of aromatic nitrogens is 2. The molecule has 2 aromatic carbocycles. The summed E-state index contributed by atoms with van der Waals surface area (Å²) in [7, 11) is 0. The molecule has 6 aromatic rings. The van der Waals surface area contributed by atoms with Crippen LogP contribution in [0.3, 0.4) is 0 Å². The van der Waals surface area contributed by atoms with Crippen LogP contribution >= 0.6 is 22.7 Å². The van der Waals surface area contributed by atoms with E-state index in [1.165, 1.54) is 52.0 Å². The zero-order valence-electron chi connectivity index (χ0n) is 12.3. The average molecular weight is 340 g/mol. The molecule has 4 heteroatoms. The van der Waals surface area contributed by atoms with Gasteiger partial charge >= 0.3 is 0 Å². The predicted molar refractivity (Wildman–Crippen MR) is 104 cm³/mol. The number of hydrogen-bond acceptors (Lipinski definition) is 4. The molecule has 1 aliphatic rings. The van der Waals surface area contributed by atoms with E-state index in [0.717, 1.165) is 10.5 Å². The second-order valence-corrected chi connectivity index (χ2v) is 8.37. The predicted octanol–water partition coefficient (Wildman–Crippen LogP) is 6.35. The van der Waals surface area contributed by atoms with Crippen molar-refractivity contribution in [2.75, 3.05) is 0 Å². The van der Waals surface area contributed by atoms with Crippen molar-refractivity contribution in [1.29, 1.82) is 0 Å². The molecule has 0 atom stereocenters. The van der Waals surface area contributed by atoms with E-state index in [0.29, 0.717) is 0 Å². The topological polar surface area (TPSA) is 25.8 Å². The normalized spacial score (nSPS) is 13.0. The third kappa shape index (κ3) is 1.16. The number of hydrogen-bond donors (Lipinski definition) is 0. The Morgan fingerprint density at radius 1 is 0.667 bits per heavy atom. The highest BCUT2D eigenvalue weighted by molar-refractivity contribution is 7.28. The minimum absolute atomic E-state index is 1.12. The lowest BCUT2D eigenvalue weighted by Gasteiger charge is -2.07. The quantitative estimate of drug-likeness (QED) is 0.322. The van der Waals surface area contributed by atoms with Gasteiger partial charge in [-0.3, -0.25) is 4.98 Å². The number of pyridine rings is 2. The van der Waals surface area contributed by atoms with Crippen molar-refractivity contribution in [2.24, 2.45) is 0 Å². The van der Waals surface area contributed by atoms with Crippen LogP contribution in [0.2, 0.25) is 0 Å². The van der Waals surface area contributed by atoms with Gasteiger partial charge in [-0.2, -0.15) is 0 Å². The number of nitrogens with zero attached hydrogens (tertiary/aromatic N) is 2. The van der Waals surface area contributed by atoms with Gasteiger partial charge in [0.25, 0.3) is 0 Å². The Labute approximate surface area is 144 Å². The molecule has 0 spiro atoms. The summed E-state index contributed by atoms with van der Waals surface area (Å²) >= 11 is 3.62. The Kier molecular flexibility index (Phi) is 1.85. The molecule has 2 nitrogen and oxygen atoms in total. The molecule has 0 saturated heterocycles. The number of thiophene rings is 2. The van der Waals surface area contributed by atoms with Crippen molar-refractivity contribution in [3.05, 3.63) is 48.8 Å². The molecular formula is C20H8N2S2. The van der Waals surface area contributed by atoms with Gasteiger partial charge in [-0.25, -0.2) is 4.98 Å². The fourth-order valence-electron chi connectivity index (χ4n) is 4.20. The van der Waals surface area contributed by atoms with E-state index in [9.17, 15) is 0 Å². The van der Waals surface area contributed by atoms with Crippen LogP contribution in [0.25, 0.3) is 62.5 Å². The third-order valence-electron chi connectivity index (χ3n) is 5.11. The minimum Gasteiger partial charge on any atom is -0.255 e. The molecular weight excluding hydrogens is 332 g/mol. The maximum atomic E-state index is 4.80. The largest absolute Gasteiger partial charge is 0.255 e. The Balaban J connectivity index is 2.06.